The number of aromatic nitrogens is 2. The average Bonchev–Trinajstić information content (AvgIpc) is 3.07. The minimum Gasteiger partial charge on any atom is -0.339 e. The maximum absolute atomic E-state index is 13.0. The number of carbonyl (C=O) groups excluding carboxylic acids is 1. The van der Waals surface area contributed by atoms with Crippen molar-refractivity contribution in [2.45, 2.75) is 32.1 Å². The molecule has 1 unspecified atom stereocenters. The second-order valence-corrected chi connectivity index (χ2v) is 5.18. The number of halogens is 1. The minimum atomic E-state index is -0.317. The van der Waals surface area contributed by atoms with Crippen molar-refractivity contribution in [3.63, 3.8) is 0 Å². The number of nitrogens with zero attached hydrogens (tertiary/aromatic N) is 3. The Balaban J connectivity index is 1.75. The van der Waals surface area contributed by atoms with Crippen LogP contribution in [0.3, 0.4) is 0 Å². The van der Waals surface area contributed by atoms with Crippen LogP contribution in [0.5, 0.6) is 0 Å². The van der Waals surface area contributed by atoms with E-state index in [9.17, 15) is 9.18 Å². The van der Waals surface area contributed by atoms with Crippen LogP contribution in [-0.4, -0.2) is 22.6 Å². The molecule has 110 valence electrons. The van der Waals surface area contributed by atoms with E-state index in [0.29, 0.717) is 30.4 Å². The molecular formula is C15H16FN3O2. The summed E-state index contributed by atoms with van der Waals surface area (Å²) in [5.41, 5.74) is 0.692. The van der Waals surface area contributed by atoms with Crippen molar-refractivity contribution >= 4 is 11.6 Å². The van der Waals surface area contributed by atoms with Crippen LogP contribution in [0.15, 0.2) is 28.8 Å². The number of aryl methyl sites for hydroxylation is 1. The molecule has 5 nitrogen and oxygen atoms in total. The molecule has 6 heteroatoms. The highest BCUT2D eigenvalue weighted by molar-refractivity contribution is 5.96. The fraction of sp³-hybridized carbons (Fsp3) is 0.400. The van der Waals surface area contributed by atoms with E-state index in [-0.39, 0.29) is 17.6 Å². The summed E-state index contributed by atoms with van der Waals surface area (Å²) in [7, 11) is 0. The largest absolute Gasteiger partial charge is 0.339 e. The SMILES string of the molecule is CCCc1noc(C2CC(=O)N(c3ccc(F)cc3)C2)n1. The number of benzene rings is 1. The van der Waals surface area contributed by atoms with Crippen LogP contribution in [0.4, 0.5) is 10.1 Å². The van der Waals surface area contributed by atoms with Gasteiger partial charge in [0.15, 0.2) is 5.82 Å². The van der Waals surface area contributed by atoms with Gasteiger partial charge in [0.1, 0.15) is 5.82 Å². The second-order valence-electron chi connectivity index (χ2n) is 5.18. The van der Waals surface area contributed by atoms with E-state index >= 15 is 0 Å². The topological polar surface area (TPSA) is 59.2 Å². The molecule has 1 amide bonds. The quantitative estimate of drug-likeness (QED) is 0.868. The Bertz CT molecular complexity index is 639. The van der Waals surface area contributed by atoms with E-state index in [1.807, 2.05) is 6.92 Å². The van der Waals surface area contributed by atoms with Crippen molar-refractivity contribution in [3.05, 3.63) is 41.8 Å². The Morgan fingerprint density at radius 2 is 2.14 bits per heavy atom. The van der Waals surface area contributed by atoms with Gasteiger partial charge in [-0.1, -0.05) is 12.1 Å². The molecule has 1 fully saturated rings. The van der Waals surface area contributed by atoms with Crippen molar-refractivity contribution in [1.29, 1.82) is 0 Å². The van der Waals surface area contributed by atoms with Crippen molar-refractivity contribution in [1.82, 2.24) is 10.1 Å². The first-order valence-corrected chi connectivity index (χ1v) is 7.05. The lowest BCUT2D eigenvalue weighted by Gasteiger charge is -2.15. The van der Waals surface area contributed by atoms with Gasteiger partial charge in [-0.05, 0) is 30.7 Å². The summed E-state index contributed by atoms with van der Waals surface area (Å²) in [5.74, 6) is 0.766. The molecule has 0 N–H and O–H groups in total. The third-order valence-corrected chi connectivity index (χ3v) is 3.57. The first-order chi connectivity index (χ1) is 10.2. The lowest BCUT2D eigenvalue weighted by Crippen LogP contribution is -2.24. The summed E-state index contributed by atoms with van der Waals surface area (Å²) in [6.07, 6.45) is 2.06. The monoisotopic (exact) mass is 289 g/mol. The Morgan fingerprint density at radius 3 is 2.86 bits per heavy atom. The Kier molecular flexibility index (Phi) is 3.68. The summed E-state index contributed by atoms with van der Waals surface area (Å²) in [4.78, 5) is 18.1. The number of hydrogen-bond acceptors (Lipinski definition) is 4. The minimum absolute atomic E-state index is 0.0122. The van der Waals surface area contributed by atoms with Crippen molar-refractivity contribution in [2.24, 2.45) is 0 Å². The number of rotatable bonds is 4. The molecule has 2 aromatic rings. The van der Waals surface area contributed by atoms with Gasteiger partial charge in [0, 0.05) is 25.1 Å². The van der Waals surface area contributed by atoms with Gasteiger partial charge in [0.2, 0.25) is 11.8 Å². The van der Waals surface area contributed by atoms with E-state index in [4.69, 9.17) is 4.52 Å². The summed E-state index contributed by atoms with van der Waals surface area (Å²) in [5, 5.41) is 3.92. The summed E-state index contributed by atoms with van der Waals surface area (Å²) >= 11 is 0. The molecule has 1 saturated heterocycles. The van der Waals surface area contributed by atoms with Gasteiger partial charge in [-0.25, -0.2) is 4.39 Å². The molecule has 0 aliphatic carbocycles. The van der Waals surface area contributed by atoms with Crippen LogP contribution < -0.4 is 4.90 Å². The first kappa shape index (κ1) is 13.7. The molecule has 0 bridgehead atoms. The Labute approximate surface area is 121 Å². The number of anilines is 1. The maximum Gasteiger partial charge on any atom is 0.232 e. The fourth-order valence-electron chi connectivity index (χ4n) is 2.50. The normalized spacial score (nSPS) is 18.5. The molecule has 0 radical (unpaired) electrons. The number of hydrogen-bond donors (Lipinski definition) is 0. The lowest BCUT2D eigenvalue weighted by atomic mass is 10.1. The van der Waals surface area contributed by atoms with Gasteiger partial charge in [-0.2, -0.15) is 4.98 Å². The van der Waals surface area contributed by atoms with Crippen LogP contribution in [0.2, 0.25) is 0 Å². The van der Waals surface area contributed by atoms with Crippen molar-refractivity contribution in [2.75, 3.05) is 11.4 Å². The van der Waals surface area contributed by atoms with Crippen molar-refractivity contribution < 1.29 is 13.7 Å². The molecule has 1 atom stereocenters. The second kappa shape index (κ2) is 5.63. The molecule has 2 heterocycles. The van der Waals surface area contributed by atoms with E-state index < -0.39 is 0 Å². The van der Waals surface area contributed by atoms with E-state index in [1.165, 1.54) is 12.1 Å². The Morgan fingerprint density at radius 1 is 1.38 bits per heavy atom. The number of carbonyl (C=O) groups is 1. The standard InChI is InChI=1S/C15H16FN3O2/c1-2-3-13-17-15(21-18-13)10-8-14(20)19(9-10)12-6-4-11(16)5-7-12/h4-7,10H,2-3,8-9H2,1H3. The molecule has 1 aromatic heterocycles. The molecule has 21 heavy (non-hydrogen) atoms. The average molecular weight is 289 g/mol. The molecule has 0 saturated carbocycles. The lowest BCUT2D eigenvalue weighted by molar-refractivity contribution is -0.117. The smallest absolute Gasteiger partial charge is 0.232 e. The highest BCUT2D eigenvalue weighted by Crippen LogP contribution is 2.31. The highest BCUT2D eigenvalue weighted by atomic mass is 19.1. The Hall–Kier alpha value is -2.24. The van der Waals surface area contributed by atoms with Crippen molar-refractivity contribution in [3.8, 4) is 0 Å². The zero-order chi connectivity index (χ0) is 14.8. The maximum atomic E-state index is 13.0. The molecule has 3 rings (SSSR count). The fourth-order valence-corrected chi connectivity index (χ4v) is 2.50. The van der Waals surface area contributed by atoms with Gasteiger partial charge in [-0.15, -0.1) is 0 Å². The third-order valence-electron chi connectivity index (χ3n) is 3.57. The zero-order valence-corrected chi connectivity index (χ0v) is 11.8. The van der Waals surface area contributed by atoms with Crippen LogP contribution >= 0.6 is 0 Å². The van der Waals surface area contributed by atoms with Gasteiger partial charge in [0.25, 0.3) is 0 Å². The van der Waals surface area contributed by atoms with Crippen LogP contribution in [0.1, 0.15) is 37.4 Å². The third kappa shape index (κ3) is 2.79. The predicted molar refractivity (Wildman–Crippen MR) is 74.4 cm³/mol. The van der Waals surface area contributed by atoms with Crippen LogP contribution in [-0.2, 0) is 11.2 Å². The predicted octanol–water partition coefficient (Wildman–Crippen LogP) is 2.68. The highest BCUT2D eigenvalue weighted by Gasteiger charge is 2.35. The van der Waals surface area contributed by atoms with Gasteiger partial charge < -0.3 is 9.42 Å². The molecular weight excluding hydrogens is 273 g/mol. The van der Waals surface area contributed by atoms with Gasteiger partial charge in [-0.3, -0.25) is 4.79 Å². The molecule has 1 aliphatic heterocycles. The number of amides is 1. The molecule has 1 aliphatic rings. The summed E-state index contributed by atoms with van der Waals surface area (Å²) in [6.45, 7) is 2.53. The van der Waals surface area contributed by atoms with Crippen LogP contribution in [0, 0.1) is 5.82 Å². The van der Waals surface area contributed by atoms with Crippen LogP contribution in [0.25, 0.3) is 0 Å². The molecule has 0 spiro atoms. The van der Waals surface area contributed by atoms with E-state index in [0.717, 1.165) is 12.8 Å². The summed E-state index contributed by atoms with van der Waals surface area (Å²) < 4.78 is 18.2. The molecule has 1 aromatic carbocycles. The zero-order valence-electron chi connectivity index (χ0n) is 11.8. The van der Waals surface area contributed by atoms with Gasteiger partial charge >= 0.3 is 0 Å². The summed E-state index contributed by atoms with van der Waals surface area (Å²) in [6, 6.07) is 5.90. The van der Waals surface area contributed by atoms with Gasteiger partial charge in [0.05, 0.1) is 5.92 Å². The van der Waals surface area contributed by atoms with E-state index in [2.05, 4.69) is 10.1 Å². The van der Waals surface area contributed by atoms with E-state index in [1.54, 1.807) is 17.0 Å². The first-order valence-electron chi connectivity index (χ1n) is 7.05.